The number of azo groups is 1. The van der Waals surface area contributed by atoms with Crippen molar-refractivity contribution in [3.05, 3.63) is 47.5 Å². The predicted octanol–water partition coefficient (Wildman–Crippen LogP) is 4.39. The average molecular weight is 292 g/mol. The Hall–Kier alpha value is -2.60. The highest BCUT2D eigenvalue weighted by Gasteiger charge is 2.06. The van der Waals surface area contributed by atoms with Crippen molar-refractivity contribution in [2.24, 2.45) is 10.2 Å². The van der Waals surface area contributed by atoms with Crippen molar-refractivity contribution in [2.75, 3.05) is 5.73 Å². The van der Waals surface area contributed by atoms with Gasteiger partial charge in [-0.1, -0.05) is 17.7 Å². The number of nitrogen functional groups attached to an aromatic ring is 1. The summed E-state index contributed by atoms with van der Waals surface area (Å²) in [5, 5.41) is 17.1. The molecule has 102 valence electrons. The Morgan fingerprint density at radius 2 is 1.85 bits per heavy atom. The van der Waals surface area contributed by atoms with E-state index < -0.39 is 6.16 Å². The number of anilines is 1. The molecule has 0 radical (unpaired) electrons. The van der Waals surface area contributed by atoms with Gasteiger partial charge in [-0.15, -0.1) is 0 Å². The van der Waals surface area contributed by atoms with Gasteiger partial charge in [0, 0.05) is 11.1 Å². The van der Waals surface area contributed by atoms with Crippen molar-refractivity contribution >= 4 is 34.8 Å². The van der Waals surface area contributed by atoms with Gasteiger partial charge in [0.25, 0.3) is 0 Å². The zero-order chi connectivity index (χ0) is 14.5. The molecular formula is C13H10ClN3O3. The van der Waals surface area contributed by atoms with E-state index in [4.69, 9.17) is 22.4 Å². The van der Waals surface area contributed by atoms with Crippen molar-refractivity contribution in [3.8, 4) is 5.75 Å². The highest BCUT2D eigenvalue weighted by atomic mass is 35.5. The molecule has 0 saturated heterocycles. The van der Waals surface area contributed by atoms with Crippen LogP contribution in [0.2, 0.25) is 5.02 Å². The Bertz CT molecular complexity index is 674. The van der Waals surface area contributed by atoms with Crippen LogP contribution in [0, 0.1) is 0 Å². The number of ether oxygens (including phenoxy) is 1. The Kier molecular flexibility index (Phi) is 4.17. The molecule has 0 bridgehead atoms. The van der Waals surface area contributed by atoms with E-state index in [1.54, 1.807) is 30.3 Å². The molecule has 0 unspecified atom stereocenters. The molecule has 0 aliphatic carbocycles. The first-order valence-electron chi connectivity index (χ1n) is 5.52. The van der Waals surface area contributed by atoms with Crippen LogP contribution in [0.3, 0.4) is 0 Å². The smallest absolute Gasteiger partial charge is 0.449 e. The van der Waals surface area contributed by atoms with Gasteiger partial charge in [-0.3, -0.25) is 0 Å². The molecular weight excluding hydrogens is 282 g/mol. The molecule has 7 heteroatoms. The Labute approximate surface area is 119 Å². The molecule has 2 rings (SSSR count). The second-order valence-corrected chi connectivity index (χ2v) is 4.21. The summed E-state index contributed by atoms with van der Waals surface area (Å²) in [7, 11) is 0. The van der Waals surface area contributed by atoms with Crippen LogP contribution in [-0.4, -0.2) is 11.3 Å². The van der Waals surface area contributed by atoms with Gasteiger partial charge < -0.3 is 15.6 Å². The van der Waals surface area contributed by atoms with Crippen LogP contribution in [0.25, 0.3) is 0 Å². The van der Waals surface area contributed by atoms with Crippen molar-refractivity contribution in [2.45, 2.75) is 0 Å². The van der Waals surface area contributed by atoms with Crippen LogP contribution in [-0.2, 0) is 0 Å². The molecule has 0 spiro atoms. The lowest BCUT2D eigenvalue weighted by atomic mass is 10.2. The van der Waals surface area contributed by atoms with Crippen LogP contribution in [0.15, 0.2) is 52.7 Å². The number of nitrogens with two attached hydrogens (primary N) is 1. The molecule has 0 atom stereocenters. The predicted molar refractivity (Wildman–Crippen MR) is 75.1 cm³/mol. The summed E-state index contributed by atoms with van der Waals surface area (Å²) < 4.78 is 4.53. The Morgan fingerprint density at radius 3 is 2.50 bits per heavy atom. The third-order valence-electron chi connectivity index (χ3n) is 2.28. The maximum atomic E-state index is 10.5. The Balaban J connectivity index is 2.23. The van der Waals surface area contributed by atoms with E-state index in [-0.39, 0.29) is 11.4 Å². The number of rotatable bonds is 3. The van der Waals surface area contributed by atoms with Crippen molar-refractivity contribution in [1.29, 1.82) is 0 Å². The van der Waals surface area contributed by atoms with Gasteiger partial charge in [-0.25, -0.2) is 4.79 Å². The summed E-state index contributed by atoms with van der Waals surface area (Å²) in [6.45, 7) is 0. The number of carboxylic acid groups (broad SMARTS) is 1. The highest BCUT2D eigenvalue weighted by Crippen LogP contribution is 2.28. The number of hydrogen-bond donors (Lipinski definition) is 2. The molecule has 6 nitrogen and oxygen atoms in total. The normalized spacial score (nSPS) is 10.7. The SMILES string of the molecule is Nc1ccc(N=Nc2cccc(Cl)c2)cc1OC(=O)O. The largest absolute Gasteiger partial charge is 0.511 e. The molecule has 2 aromatic rings. The van der Waals surface area contributed by atoms with Gasteiger partial charge in [0.05, 0.1) is 17.1 Å². The summed E-state index contributed by atoms with van der Waals surface area (Å²) in [4.78, 5) is 10.5. The summed E-state index contributed by atoms with van der Waals surface area (Å²) in [6.07, 6.45) is -1.44. The fourth-order valence-corrected chi connectivity index (χ4v) is 1.61. The van der Waals surface area contributed by atoms with Gasteiger partial charge in [-0.05, 0) is 30.3 Å². The van der Waals surface area contributed by atoms with E-state index in [1.165, 1.54) is 12.1 Å². The molecule has 20 heavy (non-hydrogen) atoms. The quantitative estimate of drug-likeness (QED) is 0.379. The minimum Gasteiger partial charge on any atom is -0.449 e. The molecule has 3 N–H and O–H groups in total. The van der Waals surface area contributed by atoms with E-state index in [1.807, 2.05) is 0 Å². The van der Waals surface area contributed by atoms with E-state index in [0.29, 0.717) is 16.4 Å². The number of halogens is 1. The van der Waals surface area contributed by atoms with Crippen molar-refractivity contribution < 1.29 is 14.6 Å². The van der Waals surface area contributed by atoms with Gasteiger partial charge >= 0.3 is 6.16 Å². The number of carbonyl (C=O) groups is 1. The summed E-state index contributed by atoms with van der Waals surface area (Å²) in [6, 6.07) is 11.3. The standard InChI is InChI=1S/C13H10ClN3O3/c14-8-2-1-3-9(6-8)16-17-10-4-5-11(15)12(7-10)20-13(18)19/h1-7H,15H2,(H,18,19). The minimum absolute atomic E-state index is 0.0139. The lowest BCUT2D eigenvalue weighted by Gasteiger charge is -2.04. The first-order chi connectivity index (χ1) is 9.54. The van der Waals surface area contributed by atoms with Gasteiger partial charge in [0.2, 0.25) is 0 Å². The fraction of sp³-hybridized carbons (Fsp3) is 0. The zero-order valence-electron chi connectivity index (χ0n) is 10.2. The molecule has 0 fully saturated rings. The second kappa shape index (κ2) is 6.03. The van der Waals surface area contributed by atoms with Crippen LogP contribution in [0.4, 0.5) is 21.9 Å². The average Bonchev–Trinajstić information content (AvgIpc) is 2.39. The van der Waals surface area contributed by atoms with Gasteiger partial charge in [0.1, 0.15) is 0 Å². The topological polar surface area (TPSA) is 97.3 Å². The molecule has 0 amide bonds. The fourth-order valence-electron chi connectivity index (χ4n) is 1.42. The number of nitrogens with zero attached hydrogens (tertiary/aromatic N) is 2. The van der Waals surface area contributed by atoms with E-state index in [0.717, 1.165) is 0 Å². The van der Waals surface area contributed by atoms with Gasteiger partial charge in [0.15, 0.2) is 5.75 Å². The van der Waals surface area contributed by atoms with Crippen LogP contribution in [0.5, 0.6) is 5.75 Å². The van der Waals surface area contributed by atoms with E-state index >= 15 is 0 Å². The molecule has 0 aliphatic rings. The second-order valence-electron chi connectivity index (χ2n) is 3.77. The minimum atomic E-state index is -1.44. The van der Waals surface area contributed by atoms with E-state index in [9.17, 15) is 4.79 Å². The maximum absolute atomic E-state index is 10.5. The first-order valence-corrected chi connectivity index (χ1v) is 5.90. The molecule has 0 heterocycles. The third kappa shape index (κ3) is 3.69. The zero-order valence-corrected chi connectivity index (χ0v) is 10.9. The van der Waals surface area contributed by atoms with Crippen LogP contribution < -0.4 is 10.5 Å². The van der Waals surface area contributed by atoms with Crippen molar-refractivity contribution in [1.82, 2.24) is 0 Å². The number of benzene rings is 2. The molecule has 0 saturated carbocycles. The highest BCUT2D eigenvalue weighted by molar-refractivity contribution is 6.30. The molecule has 0 aromatic heterocycles. The molecule has 0 aliphatic heterocycles. The van der Waals surface area contributed by atoms with Gasteiger partial charge in [-0.2, -0.15) is 10.2 Å². The third-order valence-corrected chi connectivity index (χ3v) is 2.52. The first kappa shape index (κ1) is 13.8. The summed E-state index contributed by atoms with van der Waals surface area (Å²) in [5.41, 5.74) is 6.78. The lowest BCUT2D eigenvalue weighted by Crippen LogP contribution is -2.04. The van der Waals surface area contributed by atoms with Crippen molar-refractivity contribution in [3.63, 3.8) is 0 Å². The monoisotopic (exact) mass is 291 g/mol. The van der Waals surface area contributed by atoms with Crippen LogP contribution >= 0.6 is 11.6 Å². The summed E-state index contributed by atoms with van der Waals surface area (Å²) >= 11 is 5.83. The lowest BCUT2D eigenvalue weighted by molar-refractivity contribution is 0.145. The Morgan fingerprint density at radius 1 is 1.15 bits per heavy atom. The van der Waals surface area contributed by atoms with Crippen LogP contribution in [0.1, 0.15) is 0 Å². The van der Waals surface area contributed by atoms with E-state index in [2.05, 4.69) is 15.0 Å². The maximum Gasteiger partial charge on any atom is 0.511 e. The molecule has 2 aromatic carbocycles. The number of hydrogen-bond acceptors (Lipinski definition) is 5. The summed E-state index contributed by atoms with van der Waals surface area (Å²) in [5.74, 6) is 0.0139.